The summed E-state index contributed by atoms with van der Waals surface area (Å²) >= 11 is 0. The fourth-order valence-corrected chi connectivity index (χ4v) is 2.44. The lowest BCUT2D eigenvalue weighted by Gasteiger charge is -2.33. The molecule has 2 heterocycles. The number of benzene rings is 1. The minimum Gasteiger partial charge on any atom is -0.480 e. The van der Waals surface area contributed by atoms with Crippen LogP contribution in [0, 0.1) is 0 Å². The van der Waals surface area contributed by atoms with Gasteiger partial charge in [-0.25, -0.2) is 9.42 Å². The highest BCUT2D eigenvalue weighted by Gasteiger charge is 2.36. The first-order chi connectivity index (χ1) is 10.1. The van der Waals surface area contributed by atoms with Crippen molar-refractivity contribution < 1.29 is 19.3 Å². The average Bonchev–Trinajstić information content (AvgIpc) is 2.91. The number of rotatable bonds is 2. The third kappa shape index (κ3) is 2.20. The summed E-state index contributed by atoms with van der Waals surface area (Å²) in [5.41, 5.74) is 7.15. The third-order valence-electron chi connectivity index (χ3n) is 3.51. The number of carboxylic acid groups (broad SMARTS) is 1. The van der Waals surface area contributed by atoms with Gasteiger partial charge in [-0.1, -0.05) is 24.3 Å². The molecule has 1 aromatic carbocycles. The van der Waals surface area contributed by atoms with Crippen molar-refractivity contribution in [1.82, 2.24) is 15.2 Å². The number of nitrogens with two attached hydrogens (primary N) is 1. The maximum absolute atomic E-state index is 12.4. The van der Waals surface area contributed by atoms with E-state index in [4.69, 9.17) is 5.73 Å². The smallest absolute Gasteiger partial charge is 0.326 e. The van der Waals surface area contributed by atoms with Crippen molar-refractivity contribution in [2.75, 3.05) is 5.73 Å². The van der Waals surface area contributed by atoms with Crippen molar-refractivity contribution in [2.24, 2.45) is 0 Å². The molecule has 0 saturated carbocycles. The topological polar surface area (TPSA) is 123 Å². The molecule has 3 N–H and O–H groups in total. The minimum atomic E-state index is -1.08. The number of carbonyl (C=O) groups is 2. The number of aliphatic carboxylic acids is 1. The number of amides is 1. The summed E-state index contributed by atoms with van der Waals surface area (Å²) in [7, 11) is 0. The Balaban J connectivity index is 1.98. The molecule has 0 aliphatic carbocycles. The zero-order valence-corrected chi connectivity index (χ0v) is 10.9. The van der Waals surface area contributed by atoms with Crippen LogP contribution < -0.4 is 5.73 Å². The predicted molar refractivity (Wildman–Crippen MR) is 70.2 cm³/mol. The van der Waals surface area contributed by atoms with Gasteiger partial charge in [-0.3, -0.25) is 4.79 Å². The van der Waals surface area contributed by atoms with Gasteiger partial charge in [-0.05, 0) is 21.4 Å². The van der Waals surface area contributed by atoms with Gasteiger partial charge in [0.25, 0.3) is 5.91 Å². The van der Waals surface area contributed by atoms with E-state index < -0.39 is 17.9 Å². The summed E-state index contributed by atoms with van der Waals surface area (Å²) in [5, 5.41) is 16.2. The molecule has 0 fully saturated rings. The highest BCUT2D eigenvalue weighted by molar-refractivity contribution is 5.98. The van der Waals surface area contributed by atoms with Crippen LogP contribution in [0.5, 0.6) is 0 Å². The third-order valence-corrected chi connectivity index (χ3v) is 3.51. The summed E-state index contributed by atoms with van der Waals surface area (Å²) in [6, 6.07) is 6.43. The number of carboxylic acids is 1. The highest BCUT2D eigenvalue weighted by Crippen LogP contribution is 2.25. The number of aromatic nitrogens is 2. The van der Waals surface area contributed by atoms with Crippen LogP contribution in [0.2, 0.25) is 0 Å². The summed E-state index contributed by atoms with van der Waals surface area (Å²) in [6.45, 7) is 0.179. The van der Waals surface area contributed by atoms with Gasteiger partial charge < -0.3 is 15.7 Å². The monoisotopic (exact) mass is 288 g/mol. The molecule has 1 atom stereocenters. The Labute approximate surface area is 119 Å². The molecule has 8 heteroatoms. The van der Waals surface area contributed by atoms with Gasteiger partial charge in [0, 0.05) is 13.0 Å². The Morgan fingerprint density at radius 1 is 1.29 bits per heavy atom. The van der Waals surface area contributed by atoms with Crippen molar-refractivity contribution in [2.45, 2.75) is 19.0 Å². The Hall–Kier alpha value is -2.90. The molecule has 1 aliphatic rings. The maximum atomic E-state index is 12.4. The van der Waals surface area contributed by atoms with Gasteiger partial charge in [0.2, 0.25) is 11.5 Å². The van der Waals surface area contributed by atoms with Gasteiger partial charge >= 0.3 is 5.97 Å². The molecule has 0 spiro atoms. The van der Waals surface area contributed by atoms with Gasteiger partial charge in [0.1, 0.15) is 6.04 Å². The number of carbonyl (C=O) groups excluding carboxylic acids is 1. The molecule has 2 aromatic rings. The van der Waals surface area contributed by atoms with Crippen LogP contribution in [0.4, 0.5) is 5.82 Å². The number of hydrogen-bond donors (Lipinski definition) is 2. The van der Waals surface area contributed by atoms with Crippen molar-refractivity contribution in [3.8, 4) is 0 Å². The van der Waals surface area contributed by atoms with E-state index in [-0.39, 0.29) is 24.5 Å². The second-order valence-electron chi connectivity index (χ2n) is 4.76. The van der Waals surface area contributed by atoms with Crippen molar-refractivity contribution in [3.63, 3.8) is 0 Å². The maximum Gasteiger partial charge on any atom is 0.326 e. The highest BCUT2D eigenvalue weighted by atomic mass is 16.6. The second kappa shape index (κ2) is 4.89. The Morgan fingerprint density at radius 3 is 2.62 bits per heavy atom. The number of anilines is 1. The van der Waals surface area contributed by atoms with Crippen molar-refractivity contribution in [3.05, 3.63) is 41.1 Å². The average molecular weight is 288 g/mol. The summed E-state index contributed by atoms with van der Waals surface area (Å²) in [6.07, 6.45) is 0.239. The first-order valence-electron chi connectivity index (χ1n) is 6.26. The molecule has 0 radical (unpaired) electrons. The normalized spacial score (nSPS) is 17.3. The number of nitrogen functional groups attached to an aromatic ring is 1. The van der Waals surface area contributed by atoms with E-state index in [0.29, 0.717) is 0 Å². The lowest BCUT2D eigenvalue weighted by molar-refractivity contribution is -0.142. The summed E-state index contributed by atoms with van der Waals surface area (Å²) in [4.78, 5) is 25.1. The quantitative estimate of drug-likeness (QED) is 0.814. The molecular weight excluding hydrogens is 276 g/mol. The van der Waals surface area contributed by atoms with E-state index in [1.807, 2.05) is 24.3 Å². The molecular formula is C13H12N4O4. The first-order valence-corrected chi connectivity index (χ1v) is 6.26. The Kier molecular flexibility index (Phi) is 3.05. The fourth-order valence-electron chi connectivity index (χ4n) is 2.44. The molecule has 21 heavy (non-hydrogen) atoms. The van der Waals surface area contributed by atoms with Gasteiger partial charge in [0.05, 0.1) is 0 Å². The van der Waals surface area contributed by atoms with Crippen LogP contribution in [0.3, 0.4) is 0 Å². The lowest BCUT2D eigenvalue weighted by atomic mass is 9.93. The molecule has 1 amide bonds. The Bertz CT molecular complexity index is 712. The molecule has 8 nitrogen and oxygen atoms in total. The molecule has 0 unspecified atom stereocenters. The molecule has 3 rings (SSSR count). The lowest BCUT2D eigenvalue weighted by Crippen LogP contribution is -2.48. The van der Waals surface area contributed by atoms with Gasteiger partial charge in [0.15, 0.2) is 0 Å². The van der Waals surface area contributed by atoms with E-state index >= 15 is 0 Å². The largest absolute Gasteiger partial charge is 0.480 e. The van der Waals surface area contributed by atoms with Crippen LogP contribution >= 0.6 is 0 Å². The minimum absolute atomic E-state index is 0.150. The SMILES string of the molecule is Nc1nonc1C(=O)N1Cc2ccccc2C[C@H]1C(=O)O. The van der Waals surface area contributed by atoms with Crippen LogP contribution in [0.1, 0.15) is 21.6 Å². The molecule has 1 aromatic heterocycles. The number of nitrogens with zero attached hydrogens (tertiary/aromatic N) is 3. The van der Waals surface area contributed by atoms with E-state index in [1.165, 1.54) is 4.90 Å². The second-order valence-corrected chi connectivity index (χ2v) is 4.76. The molecule has 1 aliphatic heterocycles. The van der Waals surface area contributed by atoms with E-state index in [2.05, 4.69) is 14.9 Å². The summed E-state index contributed by atoms with van der Waals surface area (Å²) in [5.74, 6) is -1.83. The zero-order chi connectivity index (χ0) is 15.0. The van der Waals surface area contributed by atoms with E-state index in [1.54, 1.807) is 0 Å². The van der Waals surface area contributed by atoms with E-state index in [0.717, 1.165) is 11.1 Å². The number of hydrogen-bond acceptors (Lipinski definition) is 6. The fraction of sp³-hybridized carbons (Fsp3) is 0.231. The van der Waals surface area contributed by atoms with Crippen molar-refractivity contribution in [1.29, 1.82) is 0 Å². The Morgan fingerprint density at radius 2 is 2.00 bits per heavy atom. The molecule has 0 saturated heterocycles. The van der Waals surface area contributed by atoms with Crippen LogP contribution in [-0.4, -0.2) is 38.2 Å². The van der Waals surface area contributed by atoms with E-state index in [9.17, 15) is 14.7 Å². The van der Waals surface area contributed by atoms with Gasteiger partial charge in [-0.15, -0.1) is 0 Å². The summed E-state index contributed by atoms with van der Waals surface area (Å²) < 4.78 is 4.40. The van der Waals surface area contributed by atoms with Gasteiger partial charge in [-0.2, -0.15) is 0 Å². The predicted octanol–water partition coefficient (Wildman–Crippen LogP) is 0.303. The van der Waals surface area contributed by atoms with Crippen molar-refractivity contribution >= 4 is 17.7 Å². The first kappa shape index (κ1) is 13.1. The molecule has 108 valence electrons. The van der Waals surface area contributed by atoms with Crippen LogP contribution in [0.25, 0.3) is 0 Å². The zero-order valence-electron chi connectivity index (χ0n) is 10.9. The molecule has 0 bridgehead atoms. The van der Waals surface area contributed by atoms with Crippen LogP contribution in [0.15, 0.2) is 28.9 Å². The van der Waals surface area contributed by atoms with Crippen LogP contribution in [-0.2, 0) is 17.8 Å². The standard InChI is InChI=1S/C13H12N4O4/c14-11-10(15-21-16-11)12(18)17-6-8-4-2-1-3-7(8)5-9(17)13(19)20/h1-4,9H,5-6H2,(H2,14,16)(H,19,20)/t9-/m0/s1. The number of fused-ring (bicyclic) bond motifs is 1.